The predicted molar refractivity (Wildman–Crippen MR) is 103 cm³/mol. The number of alkyl halides is 3. The second kappa shape index (κ2) is 7.40. The first-order valence-corrected chi connectivity index (χ1v) is 10.4. The molecule has 0 unspecified atom stereocenters. The van der Waals surface area contributed by atoms with Gasteiger partial charge in [-0.3, -0.25) is 0 Å². The van der Waals surface area contributed by atoms with E-state index < -0.39 is 21.8 Å². The molecule has 30 heavy (non-hydrogen) atoms. The summed E-state index contributed by atoms with van der Waals surface area (Å²) in [7, 11) is -3.96. The molecule has 2 heterocycles. The Morgan fingerprint density at radius 3 is 2.53 bits per heavy atom. The number of fused-ring (bicyclic) bond motifs is 1. The number of hydrogen-bond donors (Lipinski definition) is 1. The van der Waals surface area contributed by atoms with Crippen molar-refractivity contribution >= 4 is 38.9 Å². The Morgan fingerprint density at radius 1 is 1.10 bits per heavy atom. The molecular formula is C18H13ClF3N3O4S. The van der Waals surface area contributed by atoms with Crippen LogP contribution in [0.25, 0.3) is 0 Å². The van der Waals surface area contributed by atoms with Crippen LogP contribution in [0.1, 0.15) is 5.56 Å². The zero-order valence-electron chi connectivity index (χ0n) is 15.0. The van der Waals surface area contributed by atoms with E-state index in [1.807, 2.05) is 0 Å². The molecule has 7 nitrogen and oxygen atoms in total. The van der Waals surface area contributed by atoms with Crippen molar-refractivity contribution in [2.45, 2.75) is 11.1 Å². The number of ether oxygens (including phenoxy) is 1. The highest BCUT2D eigenvalue weighted by molar-refractivity contribution is 7.92. The Morgan fingerprint density at radius 2 is 1.87 bits per heavy atom. The fourth-order valence-corrected chi connectivity index (χ4v) is 4.26. The van der Waals surface area contributed by atoms with Gasteiger partial charge in [0.1, 0.15) is 12.4 Å². The van der Waals surface area contributed by atoms with Gasteiger partial charge in [-0.1, -0.05) is 16.8 Å². The van der Waals surface area contributed by atoms with E-state index in [9.17, 15) is 21.6 Å². The SMILES string of the molecule is O=S(=O)(Nc1ccno1)c1ccc2c(c1)OCCN2c1ccc(C(F)(F)F)cc1Cl. The second-order valence-corrected chi connectivity index (χ2v) is 8.37. The summed E-state index contributed by atoms with van der Waals surface area (Å²) in [4.78, 5) is 1.58. The highest BCUT2D eigenvalue weighted by Crippen LogP contribution is 2.42. The summed E-state index contributed by atoms with van der Waals surface area (Å²) in [5.74, 6) is 0.199. The lowest BCUT2D eigenvalue weighted by atomic mass is 10.1. The maximum Gasteiger partial charge on any atom is 0.416 e. The zero-order chi connectivity index (χ0) is 21.5. The normalized spacial score (nSPS) is 14.2. The number of halogens is 4. The van der Waals surface area contributed by atoms with Gasteiger partial charge in [0.25, 0.3) is 10.0 Å². The molecule has 2 aromatic carbocycles. The van der Waals surface area contributed by atoms with Crippen LogP contribution in [0.4, 0.5) is 30.4 Å². The summed E-state index contributed by atoms with van der Waals surface area (Å²) in [6.07, 6.45) is -3.22. The van der Waals surface area contributed by atoms with Gasteiger partial charge in [0.05, 0.1) is 39.6 Å². The molecule has 0 saturated heterocycles. The molecule has 0 saturated carbocycles. The third-order valence-electron chi connectivity index (χ3n) is 4.34. The van der Waals surface area contributed by atoms with Gasteiger partial charge < -0.3 is 14.2 Å². The Hall–Kier alpha value is -2.92. The molecule has 0 amide bonds. The first-order valence-electron chi connectivity index (χ1n) is 8.50. The third-order valence-corrected chi connectivity index (χ3v) is 5.99. The Kier molecular flexibility index (Phi) is 5.02. The fourth-order valence-electron chi connectivity index (χ4n) is 2.98. The number of anilines is 3. The van der Waals surface area contributed by atoms with Crippen LogP contribution in [0.2, 0.25) is 5.02 Å². The number of nitrogens with zero attached hydrogens (tertiary/aromatic N) is 2. The van der Waals surface area contributed by atoms with Crippen molar-refractivity contribution in [2.75, 3.05) is 22.8 Å². The van der Waals surface area contributed by atoms with Crippen molar-refractivity contribution in [3.05, 3.63) is 59.2 Å². The number of benzene rings is 2. The topological polar surface area (TPSA) is 84.7 Å². The van der Waals surface area contributed by atoms with Crippen molar-refractivity contribution in [3.63, 3.8) is 0 Å². The summed E-state index contributed by atoms with van der Waals surface area (Å²) in [5.41, 5.74) is -0.0317. The van der Waals surface area contributed by atoms with Crippen LogP contribution in [0.15, 0.2) is 58.1 Å². The molecule has 0 atom stereocenters. The molecule has 0 aliphatic carbocycles. The van der Waals surface area contributed by atoms with E-state index in [2.05, 4.69) is 9.88 Å². The minimum atomic E-state index is -4.51. The van der Waals surface area contributed by atoms with Gasteiger partial charge in [-0.2, -0.15) is 13.2 Å². The van der Waals surface area contributed by atoms with Crippen molar-refractivity contribution in [2.24, 2.45) is 0 Å². The molecule has 0 spiro atoms. The molecule has 12 heteroatoms. The molecule has 1 aromatic heterocycles. The van der Waals surface area contributed by atoms with E-state index in [0.29, 0.717) is 17.9 Å². The van der Waals surface area contributed by atoms with Gasteiger partial charge >= 0.3 is 6.18 Å². The summed E-state index contributed by atoms with van der Waals surface area (Å²) in [5, 5.41) is 3.35. The van der Waals surface area contributed by atoms with E-state index in [4.69, 9.17) is 20.9 Å². The van der Waals surface area contributed by atoms with E-state index >= 15 is 0 Å². The van der Waals surface area contributed by atoms with E-state index in [-0.39, 0.29) is 28.2 Å². The monoisotopic (exact) mass is 459 g/mol. The van der Waals surface area contributed by atoms with E-state index in [1.165, 1.54) is 36.5 Å². The van der Waals surface area contributed by atoms with Crippen molar-refractivity contribution in [1.29, 1.82) is 0 Å². The summed E-state index contributed by atoms with van der Waals surface area (Å²) >= 11 is 6.11. The van der Waals surface area contributed by atoms with Crippen molar-refractivity contribution in [3.8, 4) is 5.75 Å². The van der Waals surface area contributed by atoms with Gasteiger partial charge in [-0.15, -0.1) is 0 Å². The maximum atomic E-state index is 12.9. The molecule has 1 aliphatic heterocycles. The van der Waals surface area contributed by atoms with E-state index in [1.54, 1.807) is 4.90 Å². The van der Waals surface area contributed by atoms with Crippen LogP contribution in [0.3, 0.4) is 0 Å². The van der Waals surface area contributed by atoms with Crippen molar-refractivity contribution < 1.29 is 30.8 Å². The van der Waals surface area contributed by atoms with Crippen LogP contribution in [-0.2, 0) is 16.2 Å². The largest absolute Gasteiger partial charge is 0.489 e. The Balaban J connectivity index is 1.67. The molecule has 1 aliphatic rings. The van der Waals surface area contributed by atoms with Crippen LogP contribution in [0, 0.1) is 0 Å². The average molecular weight is 460 g/mol. The van der Waals surface area contributed by atoms with Crippen LogP contribution in [0.5, 0.6) is 5.75 Å². The summed E-state index contributed by atoms with van der Waals surface area (Å²) < 4.78 is 76.3. The van der Waals surface area contributed by atoms with Gasteiger partial charge in [0, 0.05) is 12.1 Å². The minimum absolute atomic E-state index is 0.0493. The van der Waals surface area contributed by atoms with Gasteiger partial charge in [0.2, 0.25) is 5.88 Å². The molecule has 158 valence electrons. The Labute approximate surface area is 174 Å². The predicted octanol–water partition coefficient (Wildman–Crippen LogP) is 4.68. The Bertz CT molecular complexity index is 1180. The number of hydrogen-bond acceptors (Lipinski definition) is 6. The number of aromatic nitrogens is 1. The van der Waals surface area contributed by atoms with Gasteiger partial charge in [-0.05, 0) is 30.3 Å². The number of nitrogens with one attached hydrogen (secondary N) is 1. The van der Waals surface area contributed by atoms with E-state index in [0.717, 1.165) is 12.1 Å². The standard InChI is InChI=1S/C18H13ClF3N3O4S/c19-13-9-11(18(20,21)22)1-3-14(13)25-7-8-28-16-10-12(2-4-15(16)25)30(26,27)24-17-5-6-23-29-17/h1-6,9-10,24H,7-8H2. The van der Waals surface area contributed by atoms with Crippen molar-refractivity contribution in [1.82, 2.24) is 5.16 Å². The third kappa shape index (κ3) is 3.90. The minimum Gasteiger partial charge on any atom is -0.489 e. The quantitative estimate of drug-likeness (QED) is 0.610. The van der Waals surface area contributed by atoms with Crippen LogP contribution in [-0.4, -0.2) is 26.7 Å². The molecule has 3 aromatic rings. The number of rotatable bonds is 4. The van der Waals surface area contributed by atoms with Gasteiger partial charge in [0.15, 0.2) is 0 Å². The average Bonchev–Trinajstić information content (AvgIpc) is 3.18. The summed E-state index contributed by atoms with van der Waals surface area (Å²) in [6.45, 7) is 0.504. The smallest absolute Gasteiger partial charge is 0.416 e. The number of sulfonamides is 1. The molecular weight excluding hydrogens is 447 g/mol. The molecule has 1 N–H and O–H groups in total. The van der Waals surface area contributed by atoms with Crippen LogP contribution >= 0.6 is 11.6 Å². The zero-order valence-corrected chi connectivity index (χ0v) is 16.6. The highest BCUT2D eigenvalue weighted by atomic mass is 35.5. The maximum absolute atomic E-state index is 12.9. The molecule has 0 fully saturated rings. The molecule has 0 bridgehead atoms. The first kappa shape index (κ1) is 20.4. The lowest BCUT2D eigenvalue weighted by Gasteiger charge is -2.32. The van der Waals surface area contributed by atoms with Gasteiger partial charge in [-0.25, -0.2) is 13.1 Å². The second-order valence-electron chi connectivity index (χ2n) is 6.28. The summed E-state index contributed by atoms with van der Waals surface area (Å²) in [6, 6.07) is 8.58. The first-order chi connectivity index (χ1) is 14.1. The molecule has 4 rings (SSSR count). The van der Waals surface area contributed by atoms with Crippen LogP contribution < -0.4 is 14.4 Å². The fraction of sp³-hybridized carbons (Fsp3) is 0.167. The molecule has 0 radical (unpaired) electrons. The lowest BCUT2D eigenvalue weighted by Crippen LogP contribution is -2.29. The highest BCUT2D eigenvalue weighted by Gasteiger charge is 2.32. The lowest BCUT2D eigenvalue weighted by molar-refractivity contribution is -0.137.